The first-order chi connectivity index (χ1) is 16.9. The van der Waals surface area contributed by atoms with Gasteiger partial charge in [-0.3, -0.25) is 14.4 Å². The van der Waals surface area contributed by atoms with Gasteiger partial charge in [0.2, 0.25) is 0 Å². The number of hydrogen-bond donors (Lipinski definition) is 2. The van der Waals surface area contributed by atoms with Crippen molar-refractivity contribution in [2.75, 3.05) is 20.1 Å². The minimum Gasteiger partial charge on any atom is -0.444 e. The van der Waals surface area contributed by atoms with Crippen molar-refractivity contribution >= 4 is 22.9 Å². The van der Waals surface area contributed by atoms with Crippen molar-refractivity contribution in [3.05, 3.63) is 30.0 Å². The molecular formula is C27H41N5O4. The maximum Gasteiger partial charge on any atom is 0.410 e. The molecule has 2 N–H and O–H groups in total. The molecule has 2 aliphatic rings. The third kappa shape index (κ3) is 5.83. The monoisotopic (exact) mass is 499 g/mol. The largest absolute Gasteiger partial charge is 0.444 e. The minimum absolute atomic E-state index is 0.0794. The van der Waals surface area contributed by atoms with Gasteiger partial charge in [0.25, 0.3) is 5.91 Å². The summed E-state index contributed by atoms with van der Waals surface area (Å²) < 4.78 is 7.30. The summed E-state index contributed by atoms with van der Waals surface area (Å²) >= 11 is 0. The van der Waals surface area contributed by atoms with Crippen LogP contribution in [0.5, 0.6) is 0 Å². The quantitative estimate of drug-likeness (QED) is 0.604. The first-order valence-corrected chi connectivity index (χ1v) is 13.1. The van der Waals surface area contributed by atoms with Crippen molar-refractivity contribution in [1.82, 2.24) is 24.9 Å². The zero-order chi connectivity index (χ0) is 26.2. The Morgan fingerprint density at radius 1 is 1.19 bits per heavy atom. The predicted octanol–water partition coefficient (Wildman–Crippen LogP) is 3.57. The molecule has 9 heteroatoms. The van der Waals surface area contributed by atoms with E-state index in [1.54, 1.807) is 7.05 Å². The fourth-order valence-electron chi connectivity index (χ4n) is 5.63. The van der Waals surface area contributed by atoms with Crippen LogP contribution in [0.25, 0.3) is 10.9 Å². The lowest BCUT2D eigenvalue weighted by Gasteiger charge is -2.40. The molecule has 1 aromatic carbocycles. The van der Waals surface area contributed by atoms with Crippen LogP contribution in [0.1, 0.15) is 76.8 Å². The van der Waals surface area contributed by atoms with E-state index in [1.165, 1.54) is 4.90 Å². The average Bonchev–Trinajstić information content (AvgIpc) is 3.27. The van der Waals surface area contributed by atoms with E-state index in [-0.39, 0.29) is 24.5 Å². The standard InChI is InChI=1S/C27H41N5O4/c1-17(2)32-23-10-8-7-9-22(23)24(29-32)25(34)28-18-13-19-11-12-20(14-18)31(19)16-21(33)15-30(6)26(35)36-27(3,4)5/h7-10,17-21,33H,11-16H2,1-6H3,(H,28,34)/t18-,19-,20+,21-/m0/s1. The molecule has 2 aliphatic heterocycles. The highest BCUT2D eigenvalue weighted by Crippen LogP contribution is 2.36. The van der Waals surface area contributed by atoms with Crippen LogP contribution in [0.15, 0.2) is 24.3 Å². The molecule has 2 fully saturated rings. The normalized spacial score (nSPS) is 23.2. The van der Waals surface area contributed by atoms with Gasteiger partial charge >= 0.3 is 6.09 Å². The summed E-state index contributed by atoms with van der Waals surface area (Å²) in [6.07, 6.45) is 2.70. The molecule has 2 bridgehead atoms. The van der Waals surface area contributed by atoms with Gasteiger partial charge in [-0.2, -0.15) is 5.10 Å². The molecule has 3 heterocycles. The van der Waals surface area contributed by atoms with Crippen LogP contribution in [0.4, 0.5) is 4.79 Å². The zero-order valence-electron chi connectivity index (χ0n) is 22.4. The van der Waals surface area contributed by atoms with E-state index in [4.69, 9.17) is 4.74 Å². The Balaban J connectivity index is 1.34. The molecule has 2 aromatic rings. The van der Waals surface area contributed by atoms with Crippen molar-refractivity contribution < 1.29 is 19.4 Å². The fraction of sp³-hybridized carbons (Fsp3) is 0.667. The highest BCUT2D eigenvalue weighted by atomic mass is 16.6. The van der Waals surface area contributed by atoms with Crippen molar-refractivity contribution in [3.8, 4) is 0 Å². The molecule has 36 heavy (non-hydrogen) atoms. The number of ether oxygens (including phenoxy) is 1. The first kappa shape index (κ1) is 26.4. The Morgan fingerprint density at radius 2 is 1.83 bits per heavy atom. The van der Waals surface area contributed by atoms with E-state index >= 15 is 0 Å². The van der Waals surface area contributed by atoms with E-state index in [0.29, 0.717) is 24.3 Å². The second-order valence-corrected chi connectivity index (χ2v) is 11.6. The Kier molecular flexibility index (Phi) is 7.61. The second kappa shape index (κ2) is 10.4. The van der Waals surface area contributed by atoms with Gasteiger partial charge in [0.15, 0.2) is 5.69 Å². The predicted molar refractivity (Wildman–Crippen MR) is 139 cm³/mol. The Bertz CT molecular complexity index is 1080. The molecule has 2 amide bonds. The molecular weight excluding hydrogens is 458 g/mol. The Morgan fingerprint density at radius 3 is 2.44 bits per heavy atom. The number of nitrogens with zero attached hydrogens (tertiary/aromatic N) is 4. The molecule has 0 saturated carbocycles. The summed E-state index contributed by atoms with van der Waals surface area (Å²) in [5.41, 5.74) is 0.883. The lowest BCUT2D eigenvalue weighted by Crippen LogP contribution is -2.53. The van der Waals surface area contributed by atoms with Gasteiger partial charge < -0.3 is 20.1 Å². The highest BCUT2D eigenvalue weighted by Gasteiger charge is 2.42. The number of amides is 2. The van der Waals surface area contributed by atoms with Crippen LogP contribution in [-0.4, -0.2) is 86.7 Å². The second-order valence-electron chi connectivity index (χ2n) is 11.6. The summed E-state index contributed by atoms with van der Waals surface area (Å²) in [5, 5.41) is 19.5. The van der Waals surface area contributed by atoms with E-state index in [1.807, 2.05) is 49.7 Å². The van der Waals surface area contributed by atoms with E-state index in [2.05, 4.69) is 29.2 Å². The summed E-state index contributed by atoms with van der Waals surface area (Å²) in [6, 6.07) is 8.72. The highest BCUT2D eigenvalue weighted by molar-refractivity contribution is 6.05. The van der Waals surface area contributed by atoms with Crippen molar-refractivity contribution in [1.29, 1.82) is 0 Å². The van der Waals surface area contributed by atoms with Gasteiger partial charge in [0.05, 0.1) is 18.2 Å². The third-order valence-electron chi connectivity index (χ3n) is 7.15. The number of likely N-dealkylation sites (N-methyl/N-ethyl adjacent to an activating group) is 1. The average molecular weight is 500 g/mol. The molecule has 9 nitrogen and oxygen atoms in total. The van der Waals surface area contributed by atoms with Gasteiger partial charge in [-0.1, -0.05) is 18.2 Å². The smallest absolute Gasteiger partial charge is 0.410 e. The van der Waals surface area contributed by atoms with Crippen LogP contribution >= 0.6 is 0 Å². The van der Waals surface area contributed by atoms with Gasteiger partial charge in [0.1, 0.15) is 5.60 Å². The topological polar surface area (TPSA) is 99.9 Å². The van der Waals surface area contributed by atoms with E-state index < -0.39 is 17.8 Å². The molecule has 4 rings (SSSR count). The number of aliphatic hydroxyl groups excluding tert-OH is 1. The van der Waals surface area contributed by atoms with Crippen molar-refractivity contribution in [3.63, 3.8) is 0 Å². The van der Waals surface area contributed by atoms with Crippen LogP contribution < -0.4 is 5.32 Å². The number of para-hydroxylation sites is 1. The third-order valence-corrected chi connectivity index (χ3v) is 7.15. The summed E-state index contributed by atoms with van der Waals surface area (Å²) in [5.74, 6) is -0.123. The first-order valence-electron chi connectivity index (χ1n) is 13.1. The number of rotatable bonds is 7. The maximum atomic E-state index is 13.3. The van der Waals surface area contributed by atoms with E-state index in [0.717, 1.165) is 36.6 Å². The lowest BCUT2D eigenvalue weighted by atomic mass is 9.96. The van der Waals surface area contributed by atoms with Gasteiger partial charge in [0, 0.05) is 43.1 Å². The van der Waals surface area contributed by atoms with Crippen LogP contribution in [0, 0.1) is 0 Å². The fourth-order valence-corrected chi connectivity index (χ4v) is 5.63. The molecule has 4 atom stereocenters. The summed E-state index contributed by atoms with van der Waals surface area (Å²) in [6.45, 7) is 10.3. The molecule has 1 aromatic heterocycles. The van der Waals surface area contributed by atoms with Gasteiger partial charge in [-0.25, -0.2) is 4.79 Å². The Hall–Kier alpha value is -2.65. The number of benzene rings is 1. The number of carbonyl (C=O) groups is 2. The zero-order valence-corrected chi connectivity index (χ0v) is 22.4. The SMILES string of the molecule is CC(C)n1nc(C(=O)N[C@@H]2C[C@H]3CC[C@@H](C2)N3C[C@@H](O)CN(C)C(=O)OC(C)(C)C)c2ccccc21. The van der Waals surface area contributed by atoms with E-state index in [9.17, 15) is 14.7 Å². The van der Waals surface area contributed by atoms with Crippen LogP contribution in [-0.2, 0) is 4.74 Å². The minimum atomic E-state index is -0.664. The number of carbonyl (C=O) groups excluding carboxylic acids is 2. The van der Waals surface area contributed by atoms with Gasteiger partial charge in [-0.05, 0) is 66.4 Å². The van der Waals surface area contributed by atoms with Gasteiger partial charge in [-0.15, -0.1) is 0 Å². The number of hydrogen-bond acceptors (Lipinski definition) is 6. The van der Waals surface area contributed by atoms with Crippen LogP contribution in [0.3, 0.4) is 0 Å². The number of fused-ring (bicyclic) bond motifs is 3. The molecule has 198 valence electrons. The number of aliphatic hydroxyl groups is 1. The summed E-state index contributed by atoms with van der Waals surface area (Å²) in [7, 11) is 1.65. The maximum absolute atomic E-state index is 13.3. The number of aromatic nitrogens is 2. The summed E-state index contributed by atoms with van der Waals surface area (Å²) in [4.78, 5) is 29.3. The lowest BCUT2D eigenvalue weighted by molar-refractivity contribution is 0.00913. The number of piperidine rings is 1. The van der Waals surface area contributed by atoms with Crippen molar-refractivity contribution in [2.45, 2.75) is 96.2 Å². The van der Waals surface area contributed by atoms with Crippen molar-refractivity contribution in [2.24, 2.45) is 0 Å². The number of nitrogens with one attached hydrogen (secondary N) is 1. The van der Waals surface area contributed by atoms with Crippen LogP contribution in [0.2, 0.25) is 0 Å². The molecule has 0 radical (unpaired) electrons. The molecule has 0 unspecified atom stereocenters. The molecule has 0 aliphatic carbocycles. The molecule has 0 spiro atoms. The Labute approximate surface area is 213 Å². The molecule has 2 saturated heterocycles.